The van der Waals surface area contributed by atoms with Gasteiger partial charge in [0.15, 0.2) is 16.6 Å². The normalized spacial score (nSPS) is 10.3. The first-order chi connectivity index (χ1) is 13.0. The summed E-state index contributed by atoms with van der Waals surface area (Å²) in [6.07, 6.45) is 3.30. The molecular formula is C17H14N4O5S. The van der Waals surface area contributed by atoms with Crippen molar-refractivity contribution in [3.05, 3.63) is 57.7 Å². The Bertz CT molecular complexity index is 990. The quantitative estimate of drug-likeness (QED) is 0.510. The van der Waals surface area contributed by atoms with Crippen molar-refractivity contribution in [1.29, 1.82) is 0 Å². The molecule has 10 heteroatoms. The van der Waals surface area contributed by atoms with E-state index in [0.717, 1.165) is 11.6 Å². The molecular weight excluding hydrogens is 372 g/mol. The van der Waals surface area contributed by atoms with Crippen LogP contribution in [0.1, 0.15) is 10.4 Å². The van der Waals surface area contributed by atoms with Crippen molar-refractivity contribution in [3.63, 3.8) is 0 Å². The van der Waals surface area contributed by atoms with Crippen molar-refractivity contribution in [2.45, 2.75) is 0 Å². The third kappa shape index (κ3) is 3.85. The first-order valence-electron chi connectivity index (χ1n) is 7.61. The van der Waals surface area contributed by atoms with Gasteiger partial charge in [0.2, 0.25) is 0 Å². The molecule has 0 aliphatic heterocycles. The lowest BCUT2D eigenvalue weighted by Gasteiger charge is -2.10. The van der Waals surface area contributed by atoms with Gasteiger partial charge in [0.1, 0.15) is 5.56 Å². The van der Waals surface area contributed by atoms with E-state index >= 15 is 0 Å². The summed E-state index contributed by atoms with van der Waals surface area (Å²) < 4.78 is 10.2. The number of rotatable bonds is 6. The summed E-state index contributed by atoms with van der Waals surface area (Å²) in [5.74, 6) is -0.299. The fraction of sp³-hybridized carbons (Fsp3) is 0.118. The van der Waals surface area contributed by atoms with Gasteiger partial charge in [-0.1, -0.05) is 0 Å². The zero-order chi connectivity index (χ0) is 19.4. The maximum Gasteiger partial charge on any atom is 0.286 e. The van der Waals surface area contributed by atoms with E-state index in [-0.39, 0.29) is 17.1 Å². The van der Waals surface area contributed by atoms with Crippen LogP contribution in [0.5, 0.6) is 11.5 Å². The largest absolute Gasteiger partial charge is 0.493 e. The number of hydrogen-bond acceptors (Lipinski definition) is 8. The predicted octanol–water partition coefficient (Wildman–Crippen LogP) is 3.38. The van der Waals surface area contributed by atoms with Gasteiger partial charge in [0, 0.05) is 29.4 Å². The van der Waals surface area contributed by atoms with Crippen molar-refractivity contribution in [2.24, 2.45) is 0 Å². The molecule has 9 nitrogen and oxygen atoms in total. The number of nitrogens with one attached hydrogen (secondary N) is 1. The fourth-order valence-corrected chi connectivity index (χ4v) is 3.06. The highest BCUT2D eigenvalue weighted by Crippen LogP contribution is 2.35. The molecule has 2 aromatic heterocycles. The molecule has 1 aromatic carbocycles. The summed E-state index contributed by atoms with van der Waals surface area (Å²) in [6.45, 7) is 0. The topological polar surface area (TPSA) is 116 Å². The molecule has 0 saturated heterocycles. The summed E-state index contributed by atoms with van der Waals surface area (Å²) in [5.41, 5.74) is 0.890. The van der Waals surface area contributed by atoms with Crippen LogP contribution in [0.15, 0.2) is 42.0 Å². The molecule has 1 N–H and O–H groups in total. The minimum atomic E-state index is -0.672. The number of anilines is 1. The van der Waals surface area contributed by atoms with Crippen LogP contribution in [-0.4, -0.2) is 35.0 Å². The molecule has 0 fully saturated rings. The minimum Gasteiger partial charge on any atom is -0.493 e. The lowest BCUT2D eigenvalue weighted by atomic mass is 10.1. The number of pyridine rings is 1. The molecule has 0 radical (unpaired) electrons. The van der Waals surface area contributed by atoms with Crippen LogP contribution in [0, 0.1) is 10.1 Å². The van der Waals surface area contributed by atoms with Gasteiger partial charge in [0.25, 0.3) is 11.6 Å². The summed E-state index contributed by atoms with van der Waals surface area (Å²) in [5, 5.41) is 16.0. The molecule has 1 amide bonds. The number of nitrogens with zero attached hydrogens (tertiary/aromatic N) is 3. The zero-order valence-electron chi connectivity index (χ0n) is 14.3. The smallest absolute Gasteiger partial charge is 0.286 e. The van der Waals surface area contributed by atoms with E-state index in [4.69, 9.17) is 9.47 Å². The first kappa shape index (κ1) is 18.3. The Kier molecular flexibility index (Phi) is 5.27. The van der Waals surface area contributed by atoms with Gasteiger partial charge in [-0.15, -0.1) is 11.3 Å². The van der Waals surface area contributed by atoms with E-state index in [0.29, 0.717) is 10.8 Å². The average Bonchev–Trinajstić information content (AvgIpc) is 3.15. The summed E-state index contributed by atoms with van der Waals surface area (Å²) in [4.78, 5) is 31.6. The molecule has 0 aliphatic carbocycles. The number of amides is 1. The summed E-state index contributed by atoms with van der Waals surface area (Å²) in [6, 6.07) is 6.03. The Hall–Kier alpha value is -3.53. The van der Waals surface area contributed by atoms with Crippen molar-refractivity contribution in [1.82, 2.24) is 9.97 Å². The van der Waals surface area contributed by atoms with E-state index in [1.54, 1.807) is 23.8 Å². The highest BCUT2D eigenvalue weighted by atomic mass is 32.1. The van der Waals surface area contributed by atoms with Crippen LogP contribution in [0.25, 0.3) is 11.3 Å². The van der Waals surface area contributed by atoms with E-state index in [2.05, 4.69) is 15.3 Å². The third-order valence-electron chi connectivity index (χ3n) is 3.63. The van der Waals surface area contributed by atoms with Gasteiger partial charge >= 0.3 is 0 Å². The second-order valence-corrected chi connectivity index (χ2v) is 6.07. The number of methoxy groups -OCH3 is 2. The lowest BCUT2D eigenvalue weighted by Crippen LogP contribution is -2.14. The van der Waals surface area contributed by atoms with Crippen LogP contribution in [-0.2, 0) is 0 Å². The summed E-state index contributed by atoms with van der Waals surface area (Å²) in [7, 11) is 2.74. The molecule has 0 bridgehead atoms. The molecule has 138 valence electrons. The van der Waals surface area contributed by atoms with Gasteiger partial charge in [-0.25, -0.2) is 4.98 Å². The van der Waals surface area contributed by atoms with E-state index in [1.165, 1.54) is 31.6 Å². The molecule has 0 unspecified atom stereocenters. The second kappa shape index (κ2) is 7.79. The molecule has 0 spiro atoms. The average molecular weight is 386 g/mol. The predicted molar refractivity (Wildman–Crippen MR) is 99.5 cm³/mol. The van der Waals surface area contributed by atoms with E-state index in [9.17, 15) is 14.9 Å². The molecule has 2 heterocycles. The fourth-order valence-electron chi connectivity index (χ4n) is 2.34. The summed E-state index contributed by atoms with van der Waals surface area (Å²) >= 11 is 1.20. The van der Waals surface area contributed by atoms with E-state index < -0.39 is 16.5 Å². The van der Waals surface area contributed by atoms with Crippen LogP contribution in [0.2, 0.25) is 0 Å². The number of aromatic nitrogens is 2. The van der Waals surface area contributed by atoms with Crippen molar-refractivity contribution < 1.29 is 19.2 Å². The van der Waals surface area contributed by atoms with Gasteiger partial charge in [-0.3, -0.25) is 25.2 Å². The highest BCUT2D eigenvalue weighted by molar-refractivity contribution is 7.14. The second-order valence-electron chi connectivity index (χ2n) is 5.22. The maximum atomic E-state index is 12.6. The van der Waals surface area contributed by atoms with E-state index in [1.807, 2.05) is 6.07 Å². The van der Waals surface area contributed by atoms with Gasteiger partial charge in [0.05, 0.1) is 30.9 Å². The SMILES string of the molecule is COc1cc(C(=O)Nc2nc(-c3cccnc3)cs2)c([N+](=O)[O-])cc1OC. The van der Waals surface area contributed by atoms with Crippen LogP contribution in [0.3, 0.4) is 0 Å². The molecule has 0 saturated carbocycles. The number of thiazole rings is 1. The Morgan fingerprint density at radius 3 is 2.63 bits per heavy atom. The standard InChI is InChI=1S/C17H14N4O5S/c1-25-14-6-11(13(21(23)24)7-15(14)26-2)16(22)20-17-19-12(9-27-17)10-4-3-5-18-8-10/h3-9H,1-2H3,(H,19,20,22). The molecule has 0 atom stereocenters. The Morgan fingerprint density at radius 1 is 1.26 bits per heavy atom. The minimum absolute atomic E-state index is 0.157. The van der Waals surface area contributed by atoms with Crippen molar-refractivity contribution in [3.8, 4) is 22.8 Å². The lowest BCUT2D eigenvalue weighted by molar-refractivity contribution is -0.385. The maximum absolute atomic E-state index is 12.6. The number of hydrogen-bond donors (Lipinski definition) is 1. The molecule has 27 heavy (non-hydrogen) atoms. The number of carbonyl (C=O) groups is 1. The van der Waals surface area contributed by atoms with Gasteiger partial charge < -0.3 is 9.47 Å². The van der Waals surface area contributed by atoms with Gasteiger partial charge in [-0.2, -0.15) is 0 Å². The number of carbonyl (C=O) groups excluding carboxylic acids is 1. The zero-order valence-corrected chi connectivity index (χ0v) is 15.1. The number of ether oxygens (including phenoxy) is 2. The van der Waals surface area contributed by atoms with Crippen LogP contribution >= 0.6 is 11.3 Å². The first-order valence-corrected chi connectivity index (χ1v) is 8.49. The Labute approximate surface area is 157 Å². The Balaban J connectivity index is 1.90. The molecule has 0 aliphatic rings. The monoisotopic (exact) mass is 386 g/mol. The van der Waals surface area contributed by atoms with Crippen LogP contribution < -0.4 is 14.8 Å². The number of benzene rings is 1. The molecule has 3 rings (SSSR count). The third-order valence-corrected chi connectivity index (χ3v) is 4.38. The van der Waals surface area contributed by atoms with Crippen molar-refractivity contribution >= 4 is 28.1 Å². The number of nitro groups is 1. The number of nitro benzene ring substituents is 1. The highest BCUT2D eigenvalue weighted by Gasteiger charge is 2.25. The van der Waals surface area contributed by atoms with Crippen molar-refractivity contribution in [2.75, 3.05) is 19.5 Å². The Morgan fingerprint density at radius 2 is 2.00 bits per heavy atom. The van der Waals surface area contributed by atoms with Crippen LogP contribution in [0.4, 0.5) is 10.8 Å². The molecule has 3 aromatic rings. The van der Waals surface area contributed by atoms with Gasteiger partial charge in [-0.05, 0) is 12.1 Å².